The standard InChI is InChI=1S/C19H23N5O3.2ClH/c25-18(17-13-21-8-9-27-17)22-12-15-2-1-3-16(10-15)24-19(26)23-11-14-4-6-20-7-5-14;;/h1-7,10,17,21H,8-9,11-13H2,(H,22,25)(H2,23,24,26);2*1H. The molecule has 1 saturated heterocycles. The highest BCUT2D eigenvalue weighted by Crippen LogP contribution is 2.11. The number of hydrogen-bond acceptors (Lipinski definition) is 5. The number of nitrogens with one attached hydrogen (secondary N) is 4. The summed E-state index contributed by atoms with van der Waals surface area (Å²) in [6.45, 7) is 2.60. The molecule has 1 fully saturated rings. The summed E-state index contributed by atoms with van der Waals surface area (Å²) in [5.74, 6) is -0.143. The molecule has 0 spiro atoms. The first kappa shape index (κ1) is 24.6. The Balaban J connectivity index is 0.00000210. The van der Waals surface area contributed by atoms with Crippen LogP contribution in [0, 0.1) is 0 Å². The van der Waals surface area contributed by atoms with Gasteiger partial charge in [0.15, 0.2) is 0 Å². The van der Waals surface area contributed by atoms with Gasteiger partial charge in [-0.15, -0.1) is 24.8 Å². The van der Waals surface area contributed by atoms with Crippen molar-refractivity contribution in [3.05, 3.63) is 59.9 Å². The van der Waals surface area contributed by atoms with Crippen molar-refractivity contribution < 1.29 is 14.3 Å². The quantitative estimate of drug-likeness (QED) is 0.547. The molecule has 1 aromatic heterocycles. The highest BCUT2D eigenvalue weighted by Gasteiger charge is 2.21. The van der Waals surface area contributed by atoms with Gasteiger partial charge >= 0.3 is 6.03 Å². The fourth-order valence-corrected chi connectivity index (χ4v) is 2.65. The molecule has 1 aromatic carbocycles. The van der Waals surface area contributed by atoms with Crippen LogP contribution in [0.4, 0.5) is 10.5 Å². The van der Waals surface area contributed by atoms with Gasteiger partial charge in [-0.2, -0.15) is 0 Å². The smallest absolute Gasteiger partial charge is 0.319 e. The van der Waals surface area contributed by atoms with E-state index >= 15 is 0 Å². The summed E-state index contributed by atoms with van der Waals surface area (Å²) in [5, 5.41) is 11.6. The van der Waals surface area contributed by atoms with Crippen molar-refractivity contribution in [3.63, 3.8) is 0 Å². The van der Waals surface area contributed by atoms with Gasteiger partial charge in [0.2, 0.25) is 0 Å². The number of carbonyl (C=O) groups excluding carboxylic acids is 2. The van der Waals surface area contributed by atoms with Crippen LogP contribution in [0.2, 0.25) is 0 Å². The van der Waals surface area contributed by atoms with Crippen LogP contribution in [0.5, 0.6) is 0 Å². The Labute approximate surface area is 182 Å². The second-order valence-corrected chi connectivity index (χ2v) is 6.14. The van der Waals surface area contributed by atoms with Crippen LogP contribution in [0.15, 0.2) is 48.8 Å². The van der Waals surface area contributed by atoms with Crippen molar-refractivity contribution in [3.8, 4) is 0 Å². The third kappa shape index (κ3) is 8.25. The lowest BCUT2D eigenvalue weighted by Gasteiger charge is -2.22. The van der Waals surface area contributed by atoms with Gasteiger partial charge in [-0.25, -0.2) is 4.79 Å². The van der Waals surface area contributed by atoms with E-state index in [1.807, 2.05) is 30.3 Å². The first-order valence-corrected chi connectivity index (χ1v) is 8.83. The molecule has 0 aliphatic carbocycles. The van der Waals surface area contributed by atoms with Crippen LogP contribution in [0.3, 0.4) is 0 Å². The van der Waals surface area contributed by atoms with Crippen LogP contribution in [0.25, 0.3) is 0 Å². The van der Waals surface area contributed by atoms with Gasteiger partial charge < -0.3 is 26.0 Å². The van der Waals surface area contributed by atoms with Crippen LogP contribution in [-0.2, 0) is 22.6 Å². The third-order valence-corrected chi connectivity index (χ3v) is 4.07. The normalized spacial score (nSPS) is 15.2. The molecule has 3 rings (SSSR count). The maximum atomic E-state index is 12.1. The van der Waals surface area contributed by atoms with Gasteiger partial charge in [0.25, 0.3) is 5.91 Å². The lowest BCUT2D eigenvalue weighted by molar-refractivity contribution is -0.134. The summed E-state index contributed by atoms with van der Waals surface area (Å²) in [6.07, 6.45) is 2.90. The fraction of sp³-hybridized carbons (Fsp3) is 0.316. The van der Waals surface area contributed by atoms with E-state index in [2.05, 4.69) is 26.3 Å². The largest absolute Gasteiger partial charge is 0.366 e. The molecule has 2 aromatic rings. The summed E-state index contributed by atoms with van der Waals surface area (Å²) in [4.78, 5) is 28.1. The summed E-state index contributed by atoms with van der Waals surface area (Å²) in [7, 11) is 0. The lowest BCUT2D eigenvalue weighted by atomic mass is 10.2. The number of hydrogen-bond donors (Lipinski definition) is 4. The predicted octanol–water partition coefficient (Wildman–Crippen LogP) is 1.85. The van der Waals surface area contributed by atoms with Gasteiger partial charge in [-0.3, -0.25) is 9.78 Å². The molecule has 29 heavy (non-hydrogen) atoms. The molecule has 2 heterocycles. The highest BCUT2D eigenvalue weighted by molar-refractivity contribution is 5.89. The van der Waals surface area contributed by atoms with Crippen molar-refractivity contribution >= 4 is 42.4 Å². The summed E-state index contributed by atoms with van der Waals surface area (Å²) < 4.78 is 5.42. The van der Waals surface area contributed by atoms with Crippen LogP contribution >= 0.6 is 24.8 Å². The monoisotopic (exact) mass is 441 g/mol. The Bertz CT molecular complexity index is 773. The van der Waals surface area contributed by atoms with Gasteiger partial charge in [0, 0.05) is 44.3 Å². The number of anilines is 1. The zero-order valence-corrected chi connectivity index (χ0v) is 17.4. The molecule has 1 atom stereocenters. The van der Waals surface area contributed by atoms with E-state index in [1.165, 1.54) is 0 Å². The molecular formula is C19H25Cl2N5O3. The molecule has 0 saturated carbocycles. The molecule has 8 nitrogen and oxygen atoms in total. The van der Waals surface area contributed by atoms with Crippen LogP contribution in [0.1, 0.15) is 11.1 Å². The molecule has 1 aliphatic rings. The Morgan fingerprint density at radius 2 is 1.83 bits per heavy atom. The maximum absolute atomic E-state index is 12.1. The Hall–Kier alpha value is -2.39. The zero-order chi connectivity index (χ0) is 18.9. The van der Waals surface area contributed by atoms with Crippen molar-refractivity contribution in [2.75, 3.05) is 25.0 Å². The van der Waals surface area contributed by atoms with Gasteiger partial charge in [0.1, 0.15) is 6.10 Å². The summed E-state index contributed by atoms with van der Waals surface area (Å²) in [6, 6.07) is 10.7. The molecule has 4 N–H and O–H groups in total. The first-order valence-electron chi connectivity index (χ1n) is 8.83. The predicted molar refractivity (Wildman–Crippen MR) is 115 cm³/mol. The number of carbonyl (C=O) groups is 2. The number of urea groups is 1. The van der Waals surface area contributed by atoms with Gasteiger partial charge in [-0.1, -0.05) is 12.1 Å². The number of rotatable bonds is 6. The van der Waals surface area contributed by atoms with Gasteiger partial charge in [0.05, 0.1) is 6.61 Å². The molecule has 158 valence electrons. The molecule has 1 aliphatic heterocycles. The molecule has 0 radical (unpaired) electrons. The summed E-state index contributed by atoms with van der Waals surface area (Å²) >= 11 is 0. The minimum atomic E-state index is -0.459. The number of pyridine rings is 1. The molecule has 1 unspecified atom stereocenters. The Kier molecular flexibility index (Phi) is 11.0. The highest BCUT2D eigenvalue weighted by atomic mass is 35.5. The van der Waals surface area contributed by atoms with Crippen molar-refractivity contribution in [1.82, 2.24) is 20.9 Å². The lowest BCUT2D eigenvalue weighted by Crippen LogP contribution is -2.47. The minimum Gasteiger partial charge on any atom is -0.366 e. The average Bonchev–Trinajstić information content (AvgIpc) is 2.72. The van der Waals surface area contributed by atoms with Crippen LogP contribution in [-0.4, -0.2) is 42.7 Å². The summed E-state index contributed by atoms with van der Waals surface area (Å²) in [5.41, 5.74) is 2.51. The maximum Gasteiger partial charge on any atom is 0.319 e. The number of halogens is 2. The van der Waals surface area contributed by atoms with E-state index in [9.17, 15) is 9.59 Å². The minimum absolute atomic E-state index is 0. The second-order valence-electron chi connectivity index (χ2n) is 6.14. The molecular weight excluding hydrogens is 417 g/mol. The third-order valence-electron chi connectivity index (χ3n) is 4.07. The number of morpholine rings is 1. The number of ether oxygens (including phenoxy) is 1. The van der Waals surface area contributed by atoms with Crippen molar-refractivity contribution in [2.24, 2.45) is 0 Å². The second kappa shape index (κ2) is 12.9. The number of aromatic nitrogens is 1. The van der Waals surface area contributed by atoms with E-state index in [0.29, 0.717) is 31.9 Å². The molecule has 0 bridgehead atoms. The number of amides is 3. The molecule has 10 heteroatoms. The zero-order valence-electron chi connectivity index (χ0n) is 15.7. The fourth-order valence-electron chi connectivity index (χ4n) is 2.65. The van der Waals surface area contributed by atoms with E-state index < -0.39 is 6.10 Å². The van der Waals surface area contributed by atoms with E-state index in [4.69, 9.17) is 4.74 Å². The van der Waals surface area contributed by atoms with Gasteiger partial charge in [-0.05, 0) is 35.4 Å². The topological polar surface area (TPSA) is 104 Å². The Morgan fingerprint density at radius 3 is 2.55 bits per heavy atom. The number of benzene rings is 1. The van der Waals surface area contributed by atoms with E-state index in [-0.39, 0.29) is 36.8 Å². The average molecular weight is 442 g/mol. The van der Waals surface area contributed by atoms with E-state index in [0.717, 1.165) is 17.7 Å². The van der Waals surface area contributed by atoms with Crippen molar-refractivity contribution in [1.29, 1.82) is 0 Å². The SMILES string of the molecule is Cl.Cl.O=C(NCc1ccncc1)Nc1cccc(CNC(=O)C2CNCCO2)c1. The van der Waals surface area contributed by atoms with Crippen LogP contribution < -0.4 is 21.3 Å². The first-order chi connectivity index (χ1) is 13.2. The Morgan fingerprint density at radius 1 is 1.07 bits per heavy atom. The van der Waals surface area contributed by atoms with Crippen molar-refractivity contribution in [2.45, 2.75) is 19.2 Å². The molecule has 3 amide bonds. The van der Waals surface area contributed by atoms with E-state index in [1.54, 1.807) is 18.5 Å². The number of nitrogens with zero attached hydrogens (tertiary/aromatic N) is 1.